The molecule has 0 aliphatic heterocycles. The maximum Gasteiger partial charge on any atom is 0.417 e. The molecule has 0 radical (unpaired) electrons. The minimum absolute atomic E-state index is 0.265. The first-order chi connectivity index (χ1) is 8.91. The number of benzene rings is 1. The van der Waals surface area contributed by atoms with Crippen molar-refractivity contribution < 1.29 is 18.0 Å². The number of aromatic nitrogens is 1. The molecule has 1 aromatic carbocycles. The Bertz CT molecular complexity index is 657. The van der Waals surface area contributed by atoms with Crippen molar-refractivity contribution in [2.24, 2.45) is 0 Å². The van der Waals surface area contributed by atoms with E-state index >= 15 is 0 Å². The number of alkyl halides is 3. The second-order valence-corrected chi connectivity index (χ2v) is 3.83. The summed E-state index contributed by atoms with van der Waals surface area (Å²) >= 11 is 0. The minimum atomic E-state index is -4.52. The molecule has 0 N–H and O–H groups in total. The SMILES string of the molecule is O=Cc1ccc(-n2cc(C(F)(F)F)ccc2=O)cc1. The van der Waals surface area contributed by atoms with Gasteiger partial charge >= 0.3 is 6.18 Å². The van der Waals surface area contributed by atoms with E-state index in [4.69, 9.17) is 0 Å². The normalized spacial score (nSPS) is 11.3. The van der Waals surface area contributed by atoms with Gasteiger partial charge in [0.15, 0.2) is 0 Å². The lowest BCUT2D eigenvalue weighted by Crippen LogP contribution is -2.19. The maximum absolute atomic E-state index is 12.6. The second-order valence-electron chi connectivity index (χ2n) is 3.83. The molecule has 0 aliphatic carbocycles. The number of aldehydes is 1. The monoisotopic (exact) mass is 267 g/mol. The van der Waals surface area contributed by atoms with E-state index in [9.17, 15) is 22.8 Å². The summed E-state index contributed by atoms with van der Waals surface area (Å²) < 4.78 is 38.6. The first-order valence-corrected chi connectivity index (χ1v) is 5.27. The molecule has 2 aromatic rings. The predicted molar refractivity (Wildman–Crippen MR) is 62.4 cm³/mol. The number of carbonyl (C=O) groups is 1. The molecule has 0 fully saturated rings. The molecule has 0 amide bonds. The van der Waals surface area contributed by atoms with Crippen LogP contribution in [0.3, 0.4) is 0 Å². The van der Waals surface area contributed by atoms with E-state index < -0.39 is 17.3 Å². The lowest BCUT2D eigenvalue weighted by Gasteiger charge is -2.10. The summed E-state index contributed by atoms with van der Waals surface area (Å²) in [5.41, 5.74) is -0.844. The van der Waals surface area contributed by atoms with Crippen LogP contribution in [-0.2, 0) is 6.18 Å². The van der Waals surface area contributed by atoms with Gasteiger partial charge in [0.2, 0.25) is 0 Å². The zero-order chi connectivity index (χ0) is 14.0. The number of halogens is 3. The molecule has 3 nitrogen and oxygen atoms in total. The van der Waals surface area contributed by atoms with Gasteiger partial charge < -0.3 is 0 Å². The molecule has 0 saturated carbocycles. The first kappa shape index (κ1) is 13.1. The van der Waals surface area contributed by atoms with Gasteiger partial charge in [0.1, 0.15) is 6.29 Å². The lowest BCUT2D eigenvalue weighted by molar-refractivity contribution is -0.138. The van der Waals surface area contributed by atoms with Crippen molar-refractivity contribution >= 4 is 6.29 Å². The van der Waals surface area contributed by atoms with Crippen molar-refractivity contribution in [1.82, 2.24) is 4.57 Å². The summed E-state index contributed by atoms with van der Waals surface area (Å²) in [7, 11) is 0. The number of pyridine rings is 1. The van der Waals surface area contributed by atoms with Crippen molar-refractivity contribution in [1.29, 1.82) is 0 Å². The average molecular weight is 267 g/mol. The zero-order valence-corrected chi connectivity index (χ0v) is 9.52. The molecule has 0 bridgehead atoms. The largest absolute Gasteiger partial charge is 0.417 e. The van der Waals surface area contributed by atoms with Crippen LogP contribution in [0, 0.1) is 0 Å². The van der Waals surface area contributed by atoms with Crippen LogP contribution in [0.5, 0.6) is 0 Å². The van der Waals surface area contributed by atoms with Crippen LogP contribution in [0.4, 0.5) is 13.2 Å². The Morgan fingerprint density at radius 2 is 1.63 bits per heavy atom. The standard InChI is InChI=1S/C13H8F3NO2/c14-13(15,16)10-3-6-12(19)17(7-10)11-4-1-9(8-18)2-5-11/h1-8H. The van der Waals surface area contributed by atoms with E-state index in [1.807, 2.05) is 0 Å². The van der Waals surface area contributed by atoms with Gasteiger partial charge in [-0.3, -0.25) is 14.2 Å². The summed E-state index contributed by atoms with van der Waals surface area (Å²) in [6, 6.07) is 7.26. The Morgan fingerprint density at radius 3 is 2.16 bits per heavy atom. The van der Waals surface area contributed by atoms with Gasteiger partial charge in [-0.2, -0.15) is 13.2 Å². The Hall–Kier alpha value is -2.37. The molecule has 6 heteroatoms. The highest BCUT2D eigenvalue weighted by Gasteiger charge is 2.31. The molecule has 0 aliphatic rings. The Labute approximate surface area is 105 Å². The molecule has 0 atom stereocenters. The van der Waals surface area contributed by atoms with Gasteiger partial charge in [-0.1, -0.05) is 0 Å². The third-order valence-electron chi connectivity index (χ3n) is 2.55. The van der Waals surface area contributed by atoms with Crippen LogP contribution in [0.2, 0.25) is 0 Å². The molecule has 0 unspecified atom stereocenters. The molecule has 0 saturated heterocycles. The number of nitrogens with zero attached hydrogens (tertiary/aromatic N) is 1. The van der Waals surface area contributed by atoms with Crippen molar-refractivity contribution in [2.45, 2.75) is 6.18 Å². The van der Waals surface area contributed by atoms with Crippen LogP contribution in [0.25, 0.3) is 5.69 Å². The van der Waals surface area contributed by atoms with Gasteiger partial charge in [-0.15, -0.1) is 0 Å². The van der Waals surface area contributed by atoms with E-state index in [1.54, 1.807) is 0 Å². The summed E-state index contributed by atoms with van der Waals surface area (Å²) in [6.45, 7) is 0. The molecule has 19 heavy (non-hydrogen) atoms. The number of hydrogen-bond acceptors (Lipinski definition) is 2. The van der Waals surface area contributed by atoms with E-state index in [2.05, 4.69) is 0 Å². The number of rotatable bonds is 2. The van der Waals surface area contributed by atoms with Crippen LogP contribution in [-0.4, -0.2) is 10.9 Å². The lowest BCUT2D eigenvalue weighted by atomic mass is 10.2. The maximum atomic E-state index is 12.6. The topological polar surface area (TPSA) is 39.1 Å². The smallest absolute Gasteiger partial charge is 0.298 e. The van der Waals surface area contributed by atoms with Gasteiger partial charge in [0.05, 0.1) is 5.56 Å². The summed E-state index contributed by atoms with van der Waals surface area (Å²) in [4.78, 5) is 22.1. The van der Waals surface area contributed by atoms with Crippen molar-refractivity contribution in [3.63, 3.8) is 0 Å². The van der Waals surface area contributed by atoms with E-state index in [0.717, 1.165) is 22.9 Å². The number of carbonyl (C=O) groups excluding carboxylic acids is 1. The van der Waals surface area contributed by atoms with E-state index in [0.29, 0.717) is 11.8 Å². The summed E-state index contributed by atoms with van der Waals surface area (Å²) in [6.07, 6.45) is -3.17. The zero-order valence-electron chi connectivity index (χ0n) is 9.52. The molecule has 1 aromatic heterocycles. The predicted octanol–water partition coefficient (Wildman–Crippen LogP) is 2.67. The van der Waals surface area contributed by atoms with E-state index in [1.165, 1.54) is 24.3 Å². The Balaban J connectivity index is 2.54. The first-order valence-electron chi connectivity index (χ1n) is 5.27. The molecule has 2 rings (SSSR count). The second kappa shape index (κ2) is 4.72. The Morgan fingerprint density at radius 1 is 1.00 bits per heavy atom. The third kappa shape index (κ3) is 2.73. The van der Waals surface area contributed by atoms with Crippen LogP contribution in [0.1, 0.15) is 15.9 Å². The summed E-state index contributed by atoms with van der Waals surface area (Å²) in [5, 5.41) is 0. The highest BCUT2D eigenvalue weighted by Crippen LogP contribution is 2.28. The Kier molecular flexibility index (Phi) is 3.25. The molecule has 0 spiro atoms. The van der Waals surface area contributed by atoms with Crippen molar-refractivity contribution in [3.05, 3.63) is 64.1 Å². The third-order valence-corrected chi connectivity index (χ3v) is 2.55. The fourth-order valence-electron chi connectivity index (χ4n) is 1.57. The minimum Gasteiger partial charge on any atom is -0.298 e. The van der Waals surface area contributed by atoms with Crippen LogP contribution < -0.4 is 5.56 Å². The van der Waals surface area contributed by atoms with Crippen LogP contribution in [0.15, 0.2) is 47.4 Å². The summed E-state index contributed by atoms with van der Waals surface area (Å²) in [5.74, 6) is 0. The van der Waals surface area contributed by atoms with E-state index in [-0.39, 0.29) is 5.69 Å². The van der Waals surface area contributed by atoms with Crippen molar-refractivity contribution in [3.8, 4) is 5.69 Å². The molecule has 1 heterocycles. The van der Waals surface area contributed by atoms with Gasteiger partial charge in [0.25, 0.3) is 5.56 Å². The quantitative estimate of drug-likeness (QED) is 0.785. The fraction of sp³-hybridized carbons (Fsp3) is 0.0769. The number of hydrogen-bond donors (Lipinski definition) is 0. The van der Waals surface area contributed by atoms with Crippen LogP contribution >= 0.6 is 0 Å². The van der Waals surface area contributed by atoms with Gasteiger partial charge in [-0.05, 0) is 30.3 Å². The molecule has 98 valence electrons. The van der Waals surface area contributed by atoms with Gasteiger partial charge in [-0.25, -0.2) is 0 Å². The molecular weight excluding hydrogens is 259 g/mol. The van der Waals surface area contributed by atoms with Crippen molar-refractivity contribution in [2.75, 3.05) is 0 Å². The highest BCUT2D eigenvalue weighted by molar-refractivity contribution is 5.75. The van der Waals surface area contributed by atoms with Gasteiger partial charge in [0, 0.05) is 23.5 Å². The average Bonchev–Trinajstić information content (AvgIpc) is 2.38. The fourth-order valence-corrected chi connectivity index (χ4v) is 1.57. The molecular formula is C13H8F3NO2. The highest BCUT2D eigenvalue weighted by atomic mass is 19.4.